The molecule has 6 nitrogen and oxygen atoms in total. The predicted molar refractivity (Wildman–Crippen MR) is 120 cm³/mol. The Morgan fingerprint density at radius 3 is 2.48 bits per heavy atom. The van der Waals surface area contributed by atoms with Crippen LogP contribution in [0.25, 0.3) is 11.3 Å². The summed E-state index contributed by atoms with van der Waals surface area (Å²) in [5.41, 5.74) is 3.38. The number of ether oxygens (including phenoxy) is 2. The Bertz CT molecular complexity index is 1020. The van der Waals surface area contributed by atoms with Gasteiger partial charge < -0.3 is 14.8 Å². The van der Waals surface area contributed by atoms with Crippen LogP contribution in [-0.2, 0) is 6.42 Å². The van der Waals surface area contributed by atoms with E-state index in [0.29, 0.717) is 22.2 Å². The number of hydrogen-bond donors (Lipinski definition) is 2. The number of amides is 1. The molecule has 8 heteroatoms. The van der Waals surface area contributed by atoms with E-state index in [9.17, 15) is 4.79 Å². The van der Waals surface area contributed by atoms with Gasteiger partial charge in [-0.1, -0.05) is 19.1 Å². The number of aryl methyl sites for hydroxylation is 1. The number of methoxy groups -OCH3 is 2. The summed E-state index contributed by atoms with van der Waals surface area (Å²) in [4.78, 5) is 16.8. The molecule has 1 amide bonds. The zero-order valence-corrected chi connectivity index (χ0v) is 17.9. The van der Waals surface area contributed by atoms with Crippen LogP contribution in [0.4, 0.5) is 5.13 Å². The molecule has 3 rings (SSSR count). The van der Waals surface area contributed by atoms with Crippen molar-refractivity contribution in [3.63, 3.8) is 0 Å². The summed E-state index contributed by atoms with van der Waals surface area (Å²) in [7, 11) is 3.18. The maximum absolute atomic E-state index is 12.3. The molecule has 29 heavy (non-hydrogen) atoms. The summed E-state index contributed by atoms with van der Waals surface area (Å²) in [6.45, 7) is 2.07. The Kier molecular flexibility index (Phi) is 6.79. The summed E-state index contributed by atoms with van der Waals surface area (Å²) >= 11 is 6.64. The minimum absolute atomic E-state index is 0.197. The molecule has 0 aliphatic heterocycles. The molecule has 0 radical (unpaired) electrons. The van der Waals surface area contributed by atoms with E-state index >= 15 is 0 Å². The second-order valence-corrected chi connectivity index (χ2v) is 7.33. The first-order valence-electron chi connectivity index (χ1n) is 8.93. The Morgan fingerprint density at radius 2 is 1.83 bits per heavy atom. The molecule has 0 atom stereocenters. The molecule has 0 fully saturated rings. The largest absolute Gasteiger partial charge is 0.493 e. The number of aromatic nitrogens is 1. The molecule has 2 N–H and O–H groups in total. The number of hydrogen-bond acceptors (Lipinski definition) is 6. The van der Waals surface area contributed by atoms with Crippen molar-refractivity contribution in [1.82, 2.24) is 10.3 Å². The van der Waals surface area contributed by atoms with Crippen LogP contribution in [0.2, 0.25) is 0 Å². The van der Waals surface area contributed by atoms with Crippen molar-refractivity contribution in [2.45, 2.75) is 13.3 Å². The van der Waals surface area contributed by atoms with E-state index in [1.807, 2.05) is 35.7 Å². The van der Waals surface area contributed by atoms with Gasteiger partial charge in [-0.25, -0.2) is 4.98 Å². The van der Waals surface area contributed by atoms with E-state index < -0.39 is 0 Å². The number of thiocarbonyl (C=S) groups is 1. The quantitative estimate of drug-likeness (QED) is 0.564. The number of nitrogens with zero attached hydrogens (tertiary/aromatic N) is 1. The fourth-order valence-electron chi connectivity index (χ4n) is 2.65. The third-order valence-corrected chi connectivity index (χ3v) is 5.22. The van der Waals surface area contributed by atoms with Crippen LogP contribution in [0.3, 0.4) is 0 Å². The van der Waals surface area contributed by atoms with E-state index in [-0.39, 0.29) is 11.0 Å². The number of benzene rings is 2. The normalized spacial score (nSPS) is 10.3. The fourth-order valence-corrected chi connectivity index (χ4v) is 3.63. The number of anilines is 1. The maximum Gasteiger partial charge on any atom is 0.257 e. The van der Waals surface area contributed by atoms with Crippen molar-refractivity contribution in [2.24, 2.45) is 0 Å². The van der Waals surface area contributed by atoms with Gasteiger partial charge in [-0.3, -0.25) is 10.1 Å². The average Bonchev–Trinajstić information content (AvgIpc) is 3.21. The molecule has 0 saturated carbocycles. The third kappa shape index (κ3) is 5.10. The monoisotopic (exact) mass is 427 g/mol. The van der Waals surface area contributed by atoms with Gasteiger partial charge in [0, 0.05) is 16.5 Å². The van der Waals surface area contributed by atoms with Crippen LogP contribution in [0, 0.1) is 0 Å². The Labute approximate surface area is 178 Å². The van der Waals surface area contributed by atoms with E-state index in [4.69, 9.17) is 21.7 Å². The van der Waals surface area contributed by atoms with Crippen molar-refractivity contribution < 1.29 is 14.3 Å². The van der Waals surface area contributed by atoms with E-state index in [1.165, 1.54) is 16.9 Å². The third-order valence-electron chi connectivity index (χ3n) is 4.26. The Hall–Kier alpha value is -2.97. The van der Waals surface area contributed by atoms with Gasteiger partial charge in [-0.05, 0) is 54.5 Å². The molecule has 0 aliphatic carbocycles. The smallest absolute Gasteiger partial charge is 0.257 e. The lowest BCUT2D eigenvalue weighted by atomic mass is 10.1. The standard InChI is InChI=1S/C21H21N3O3S2/c1-4-13-5-7-14(8-6-13)19(25)23-20(28)24-21-22-16(12-29-21)15-9-10-17(26-2)18(11-15)27-3/h5-12H,4H2,1-3H3,(H2,22,23,24,25,28). The zero-order valence-electron chi connectivity index (χ0n) is 16.3. The van der Waals surface area contributed by atoms with Gasteiger partial charge >= 0.3 is 0 Å². The topological polar surface area (TPSA) is 72.5 Å². The van der Waals surface area contributed by atoms with E-state index in [1.54, 1.807) is 26.4 Å². The molecule has 1 aromatic heterocycles. The lowest BCUT2D eigenvalue weighted by Gasteiger charge is -2.08. The lowest BCUT2D eigenvalue weighted by Crippen LogP contribution is -2.34. The molecule has 3 aromatic rings. The van der Waals surface area contributed by atoms with Crippen molar-refractivity contribution in [3.05, 3.63) is 59.0 Å². The summed E-state index contributed by atoms with van der Waals surface area (Å²) in [6.07, 6.45) is 0.925. The van der Waals surface area contributed by atoms with Crippen LogP contribution < -0.4 is 20.1 Å². The van der Waals surface area contributed by atoms with Crippen LogP contribution >= 0.6 is 23.6 Å². The van der Waals surface area contributed by atoms with Gasteiger partial charge in [0.2, 0.25) is 0 Å². The summed E-state index contributed by atoms with van der Waals surface area (Å²) in [5, 5.41) is 8.32. The van der Waals surface area contributed by atoms with Crippen molar-refractivity contribution in [2.75, 3.05) is 19.5 Å². The number of carbonyl (C=O) groups excluding carboxylic acids is 1. The zero-order chi connectivity index (χ0) is 20.8. The Morgan fingerprint density at radius 1 is 1.10 bits per heavy atom. The summed E-state index contributed by atoms with van der Waals surface area (Å²) in [6, 6.07) is 13.0. The highest BCUT2D eigenvalue weighted by molar-refractivity contribution is 7.80. The van der Waals surface area contributed by atoms with E-state index in [0.717, 1.165) is 17.7 Å². The maximum atomic E-state index is 12.3. The second-order valence-electron chi connectivity index (χ2n) is 6.07. The van der Waals surface area contributed by atoms with Crippen molar-refractivity contribution >= 4 is 39.7 Å². The van der Waals surface area contributed by atoms with Gasteiger partial charge in [-0.15, -0.1) is 11.3 Å². The highest BCUT2D eigenvalue weighted by atomic mass is 32.1. The predicted octanol–water partition coefficient (Wildman–Crippen LogP) is 4.52. The highest BCUT2D eigenvalue weighted by Gasteiger charge is 2.12. The van der Waals surface area contributed by atoms with Crippen molar-refractivity contribution in [1.29, 1.82) is 0 Å². The van der Waals surface area contributed by atoms with Crippen LogP contribution in [0.1, 0.15) is 22.8 Å². The van der Waals surface area contributed by atoms with Crippen LogP contribution in [0.15, 0.2) is 47.8 Å². The average molecular weight is 428 g/mol. The molecule has 0 bridgehead atoms. The molecule has 1 heterocycles. The van der Waals surface area contributed by atoms with Crippen LogP contribution in [-0.4, -0.2) is 30.2 Å². The first kappa shape index (κ1) is 20.8. The Balaban J connectivity index is 1.65. The molecule has 0 unspecified atom stereocenters. The number of thiazole rings is 1. The van der Waals surface area contributed by atoms with Gasteiger partial charge in [0.25, 0.3) is 5.91 Å². The van der Waals surface area contributed by atoms with Gasteiger partial charge in [0.15, 0.2) is 21.7 Å². The van der Waals surface area contributed by atoms with E-state index in [2.05, 4.69) is 22.5 Å². The highest BCUT2D eigenvalue weighted by Crippen LogP contribution is 2.33. The SMILES string of the molecule is CCc1ccc(C(=O)NC(=S)Nc2nc(-c3ccc(OC)c(OC)c3)cs2)cc1. The summed E-state index contributed by atoms with van der Waals surface area (Å²) in [5.74, 6) is 1.02. The minimum atomic E-state index is -0.262. The fraction of sp³-hybridized carbons (Fsp3) is 0.190. The molecule has 0 aliphatic rings. The van der Waals surface area contributed by atoms with Gasteiger partial charge in [0.1, 0.15) is 0 Å². The molecule has 0 spiro atoms. The van der Waals surface area contributed by atoms with Gasteiger partial charge in [-0.2, -0.15) is 0 Å². The summed E-state index contributed by atoms with van der Waals surface area (Å²) < 4.78 is 10.6. The molecule has 0 saturated heterocycles. The van der Waals surface area contributed by atoms with Crippen LogP contribution in [0.5, 0.6) is 11.5 Å². The molecule has 150 valence electrons. The van der Waals surface area contributed by atoms with Gasteiger partial charge in [0.05, 0.1) is 19.9 Å². The molecular formula is C21H21N3O3S2. The lowest BCUT2D eigenvalue weighted by molar-refractivity contribution is 0.0977. The minimum Gasteiger partial charge on any atom is -0.493 e. The first-order chi connectivity index (χ1) is 14.0. The number of rotatable bonds is 6. The van der Waals surface area contributed by atoms with Crippen molar-refractivity contribution in [3.8, 4) is 22.8 Å². The molecular weight excluding hydrogens is 406 g/mol. The number of nitrogens with one attached hydrogen (secondary N) is 2. The molecule has 2 aromatic carbocycles. The second kappa shape index (κ2) is 9.49. The first-order valence-corrected chi connectivity index (χ1v) is 10.2. The number of carbonyl (C=O) groups is 1.